The topological polar surface area (TPSA) is 67.8 Å². The second kappa shape index (κ2) is 6.19. The highest BCUT2D eigenvalue weighted by molar-refractivity contribution is 5.80. The Morgan fingerprint density at radius 3 is 3.00 bits per heavy atom. The van der Waals surface area contributed by atoms with Gasteiger partial charge < -0.3 is 19.9 Å². The summed E-state index contributed by atoms with van der Waals surface area (Å²) >= 11 is 0. The molecule has 5 nitrogen and oxygen atoms in total. The largest absolute Gasteiger partial charge is 0.478 e. The monoisotopic (exact) mass is 283 g/mol. The maximum Gasteiger partial charge on any atom is 0.260 e. The van der Waals surface area contributed by atoms with Crippen molar-refractivity contribution >= 4 is 5.91 Å². The number of rotatable bonds is 5. The van der Waals surface area contributed by atoms with Crippen LogP contribution in [0.2, 0.25) is 0 Å². The van der Waals surface area contributed by atoms with Crippen LogP contribution in [0.5, 0.6) is 5.75 Å². The van der Waals surface area contributed by atoms with Gasteiger partial charge >= 0.3 is 0 Å². The lowest BCUT2D eigenvalue weighted by molar-refractivity contribution is -0.128. The molecule has 1 heterocycles. The van der Waals surface area contributed by atoms with Gasteiger partial charge in [0.25, 0.3) is 5.91 Å². The molecule has 2 atom stereocenters. The summed E-state index contributed by atoms with van der Waals surface area (Å²) in [5.74, 6) is -0.901. The van der Waals surface area contributed by atoms with Gasteiger partial charge in [0, 0.05) is 19.6 Å². The molecule has 1 aliphatic rings. The van der Waals surface area contributed by atoms with E-state index in [9.17, 15) is 14.3 Å². The number of hydrogen-bond donors (Lipinski definition) is 2. The maximum absolute atomic E-state index is 13.4. The van der Waals surface area contributed by atoms with E-state index in [-0.39, 0.29) is 18.9 Å². The molecule has 0 aromatic heterocycles. The van der Waals surface area contributed by atoms with E-state index in [1.165, 1.54) is 19.1 Å². The first-order valence-corrected chi connectivity index (χ1v) is 6.49. The predicted molar refractivity (Wildman–Crippen MR) is 69.9 cm³/mol. The Labute approximate surface area is 116 Å². The van der Waals surface area contributed by atoms with Crippen molar-refractivity contribution in [3.8, 4) is 5.75 Å². The fourth-order valence-corrected chi connectivity index (χ4v) is 1.92. The van der Waals surface area contributed by atoms with Crippen molar-refractivity contribution in [2.24, 2.45) is 0 Å². The Bertz CT molecular complexity index is 474. The van der Waals surface area contributed by atoms with Gasteiger partial charge in [-0.2, -0.15) is 0 Å². The lowest BCUT2D eigenvalue weighted by Gasteiger charge is -2.22. The summed E-state index contributed by atoms with van der Waals surface area (Å²) < 4.78 is 23.7. The predicted octanol–water partition coefficient (Wildman–Crippen LogP) is 0.861. The van der Waals surface area contributed by atoms with Gasteiger partial charge in [-0.05, 0) is 19.1 Å². The summed E-state index contributed by atoms with van der Waals surface area (Å²) in [7, 11) is 0. The van der Waals surface area contributed by atoms with Crippen LogP contribution in [0.1, 0.15) is 13.3 Å². The van der Waals surface area contributed by atoms with Crippen LogP contribution >= 0.6 is 0 Å². The van der Waals surface area contributed by atoms with Crippen LogP contribution in [-0.4, -0.2) is 42.5 Å². The zero-order chi connectivity index (χ0) is 14.6. The number of carbonyl (C=O) groups is 1. The summed E-state index contributed by atoms with van der Waals surface area (Å²) in [6.07, 6.45) is -0.367. The van der Waals surface area contributed by atoms with Crippen LogP contribution in [0.4, 0.5) is 4.39 Å². The van der Waals surface area contributed by atoms with Crippen LogP contribution in [0, 0.1) is 5.82 Å². The lowest BCUT2D eigenvalue weighted by Crippen LogP contribution is -2.47. The second-order valence-corrected chi connectivity index (χ2v) is 4.94. The number of amides is 1. The molecule has 1 fully saturated rings. The Morgan fingerprint density at radius 1 is 1.60 bits per heavy atom. The van der Waals surface area contributed by atoms with E-state index in [2.05, 4.69) is 5.32 Å². The summed E-state index contributed by atoms with van der Waals surface area (Å²) in [6, 6.07) is 5.89. The molecule has 6 heteroatoms. The minimum atomic E-state index is -1.02. The van der Waals surface area contributed by atoms with Crippen LogP contribution in [0.25, 0.3) is 0 Å². The van der Waals surface area contributed by atoms with Gasteiger partial charge in [-0.15, -0.1) is 0 Å². The molecule has 0 spiro atoms. The molecular formula is C14H18FNO4. The fraction of sp³-hybridized carbons (Fsp3) is 0.500. The number of hydrogen-bond acceptors (Lipinski definition) is 4. The zero-order valence-corrected chi connectivity index (χ0v) is 11.3. The number of nitrogens with one attached hydrogen (secondary N) is 1. The number of ether oxygens (including phenoxy) is 2. The molecule has 2 unspecified atom stereocenters. The SMILES string of the molecule is CC(Oc1ccccc1F)C(=O)NCC1(O)CCOC1. The maximum atomic E-state index is 13.4. The number of carbonyl (C=O) groups excluding carboxylic acids is 1. The molecule has 0 saturated carbocycles. The number of halogens is 1. The van der Waals surface area contributed by atoms with Crippen LogP contribution < -0.4 is 10.1 Å². The third kappa shape index (κ3) is 3.68. The molecule has 1 aromatic carbocycles. The minimum absolute atomic E-state index is 0.0260. The minimum Gasteiger partial charge on any atom is -0.478 e. The summed E-state index contributed by atoms with van der Waals surface area (Å²) in [5.41, 5.74) is -1.02. The third-order valence-electron chi connectivity index (χ3n) is 3.18. The number of benzene rings is 1. The highest BCUT2D eigenvalue weighted by Crippen LogP contribution is 2.18. The lowest BCUT2D eigenvalue weighted by atomic mass is 10.0. The van der Waals surface area contributed by atoms with Gasteiger partial charge in [-0.3, -0.25) is 4.79 Å². The quantitative estimate of drug-likeness (QED) is 0.841. The molecule has 1 amide bonds. The van der Waals surface area contributed by atoms with Crippen molar-refractivity contribution in [1.29, 1.82) is 0 Å². The summed E-state index contributed by atoms with van der Waals surface area (Å²) in [6.45, 7) is 2.30. The molecular weight excluding hydrogens is 265 g/mol. The molecule has 1 aliphatic heterocycles. The van der Waals surface area contributed by atoms with E-state index in [1.807, 2.05) is 0 Å². The molecule has 0 radical (unpaired) electrons. The number of aliphatic hydroxyl groups is 1. The Balaban J connectivity index is 1.84. The smallest absolute Gasteiger partial charge is 0.260 e. The Kier molecular flexibility index (Phi) is 4.57. The second-order valence-electron chi connectivity index (χ2n) is 4.94. The normalized spacial score (nSPS) is 23.4. The third-order valence-corrected chi connectivity index (χ3v) is 3.18. The molecule has 2 N–H and O–H groups in total. The van der Waals surface area contributed by atoms with Gasteiger partial charge in [0.1, 0.15) is 5.60 Å². The first-order valence-electron chi connectivity index (χ1n) is 6.49. The highest BCUT2D eigenvalue weighted by Gasteiger charge is 2.33. The van der Waals surface area contributed by atoms with Crippen LogP contribution in [-0.2, 0) is 9.53 Å². The molecule has 0 aliphatic carbocycles. The molecule has 20 heavy (non-hydrogen) atoms. The van der Waals surface area contributed by atoms with Gasteiger partial charge in [0.2, 0.25) is 0 Å². The van der Waals surface area contributed by atoms with Crippen LogP contribution in [0.15, 0.2) is 24.3 Å². The zero-order valence-electron chi connectivity index (χ0n) is 11.3. The van der Waals surface area contributed by atoms with E-state index in [4.69, 9.17) is 9.47 Å². The Hall–Kier alpha value is -1.66. The standard InChI is InChI=1S/C14H18FNO4/c1-10(20-12-5-3-2-4-11(12)15)13(17)16-8-14(18)6-7-19-9-14/h2-5,10,18H,6-9H2,1H3,(H,16,17). The van der Waals surface area contributed by atoms with E-state index < -0.39 is 23.4 Å². The van der Waals surface area contributed by atoms with E-state index in [0.29, 0.717) is 13.0 Å². The molecule has 1 aromatic rings. The number of para-hydroxylation sites is 1. The van der Waals surface area contributed by atoms with Crippen molar-refractivity contribution < 1.29 is 23.8 Å². The summed E-state index contributed by atoms with van der Waals surface area (Å²) in [5, 5.41) is 12.6. The van der Waals surface area contributed by atoms with E-state index >= 15 is 0 Å². The van der Waals surface area contributed by atoms with Gasteiger partial charge in [0.15, 0.2) is 17.7 Å². The molecule has 2 rings (SSSR count). The van der Waals surface area contributed by atoms with Gasteiger partial charge in [0.05, 0.1) is 6.61 Å². The van der Waals surface area contributed by atoms with Crippen LogP contribution in [0.3, 0.4) is 0 Å². The van der Waals surface area contributed by atoms with Crippen molar-refractivity contribution in [3.05, 3.63) is 30.1 Å². The van der Waals surface area contributed by atoms with Gasteiger partial charge in [-0.1, -0.05) is 12.1 Å². The highest BCUT2D eigenvalue weighted by atomic mass is 19.1. The Morgan fingerprint density at radius 2 is 2.35 bits per heavy atom. The average molecular weight is 283 g/mol. The van der Waals surface area contributed by atoms with E-state index in [0.717, 1.165) is 0 Å². The van der Waals surface area contributed by atoms with Crippen molar-refractivity contribution in [2.75, 3.05) is 19.8 Å². The molecule has 1 saturated heterocycles. The van der Waals surface area contributed by atoms with Crippen molar-refractivity contribution in [3.63, 3.8) is 0 Å². The first-order chi connectivity index (χ1) is 9.50. The average Bonchev–Trinajstić information content (AvgIpc) is 2.86. The van der Waals surface area contributed by atoms with Crippen molar-refractivity contribution in [1.82, 2.24) is 5.32 Å². The van der Waals surface area contributed by atoms with Crippen molar-refractivity contribution in [2.45, 2.75) is 25.0 Å². The molecule has 0 bridgehead atoms. The van der Waals surface area contributed by atoms with Gasteiger partial charge in [-0.25, -0.2) is 4.39 Å². The first kappa shape index (κ1) is 14.7. The van der Waals surface area contributed by atoms with E-state index in [1.54, 1.807) is 12.1 Å². The fourth-order valence-electron chi connectivity index (χ4n) is 1.92. The molecule has 110 valence electrons. The summed E-state index contributed by atoms with van der Waals surface area (Å²) in [4.78, 5) is 11.8.